The summed E-state index contributed by atoms with van der Waals surface area (Å²) in [6, 6.07) is 8.54. The quantitative estimate of drug-likeness (QED) is 0.729. The summed E-state index contributed by atoms with van der Waals surface area (Å²) in [5, 5.41) is 3.83. The summed E-state index contributed by atoms with van der Waals surface area (Å²) in [6.45, 7) is -0.611. The molecule has 0 unspecified atom stereocenters. The van der Waals surface area contributed by atoms with Gasteiger partial charge in [0.1, 0.15) is 5.69 Å². The number of ether oxygens (including phenoxy) is 1. The number of esters is 1. The molecule has 1 saturated carbocycles. The van der Waals surface area contributed by atoms with Crippen LogP contribution in [0, 0.1) is 0 Å². The molecule has 2 amide bonds. The fourth-order valence-corrected chi connectivity index (χ4v) is 2.44. The number of nitrogens with zero attached hydrogens (tertiary/aromatic N) is 1. The topological polar surface area (TPSA) is 109 Å². The van der Waals surface area contributed by atoms with Crippen molar-refractivity contribution in [3.8, 4) is 0 Å². The lowest BCUT2D eigenvalue weighted by Gasteiger charge is -2.16. The first-order valence-corrected chi connectivity index (χ1v) is 8.26. The molecule has 1 fully saturated rings. The standard InChI is InChI=1S/C18H19N3O5/c1-21(9-15(22)19-12-6-7-12)16(23)10-26-18(25)14-8-11-4-2-3-5-13(11)17(24)20-14/h2-5,8,12H,6-7,9-10H2,1H3,(H,19,22)(H,20,24). The Balaban J connectivity index is 1.56. The molecule has 0 spiro atoms. The normalized spacial score (nSPS) is 13.3. The minimum Gasteiger partial charge on any atom is -0.451 e. The van der Waals surface area contributed by atoms with E-state index in [0.29, 0.717) is 10.8 Å². The number of hydrogen-bond donors (Lipinski definition) is 2. The van der Waals surface area contributed by atoms with E-state index in [1.165, 1.54) is 18.0 Å². The summed E-state index contributed by atoms with van der Waals surface area (Å²) < 4.78 is 4.96. The molecule has 0 atom stereocenters. The molecule has 0 bridgehead atoms. The van der Waals surface area contributed by atoms with Crippen molar-refractivity contribution in [1.82, 2.24) is 15.2 Å². The number of carbonyl (C=O) groups excluding carboxylic acids is 3. The summed E-state index contributed by atoms with van der Waals surface area (Å²) >= 11 is 0. The second-order valence-electron chi connectivity index (χ2n) is 6.27. The van der Waals surface area contributed by atoms with Crippen LogP contribution in [0.3, 0.4) is 0 Å². The number of fused-ring (bicyclic) bond motifs is 1. The van der Waals surface area contributed by atoms with Crippen LogP contribution in [0.1, 0.15) is 23.3 Å². The van der Waals surface area contributed by atoms with Crippen LogP contribution in [0.15, 0.2) is 35.1 Å². The molecule has 1 heterocycles. The Kier molecular flexibility index (Phi) is 5.01. The van der Waals surface area contributed by atoms with Crippen LogP contribution in [0.25, 0.3) is 10.8 Å². The van der Waals surface area contributed by atoms with Crippen LogP contribution < -0.4 is 10.9 Å². The molecular weight excluding hydrogens is 338 g/mol. The summed E-state index contributed by atoms with van der Waals surface area (Å²) in [5.41, 5.74) is -0.439. The van der Waals surface area contributed by atoms with Gasteiger partial charge in [0.2, 0.25) is 5.91 Å². The van der Waals surface area contributed by atoms with Crippen molar-refractivity contribution in [3.63, 3.8) is 0 Å². The van der Waals surface area contributed by atoms with Crippen molar-refractivity contribution in [1.29, 1.82) is 0 Å². The number of hydrogen-bond acceptors (Lipinski definition) is 5. The molecule has 0 radical (unpaired) electrons. The summed E-state index contributed by atoms with van der Waals surface area (Å²) in [6.07, 6.45) is 1.93. The minimum atomic E-state index is -0.808. The highest BCUT2D eigenvalue weighted by Gasteiger charge is 2.24. The summed E-state index contributed by atoms with van der Waals surface area (Å²) in [7, 11) is 1.46. The van der Waals surface area contributed by atoms with Gasteiger partial charge in [0.05, 0.1) is 6.54 Å². The van der Waals surface area contributed by atoms with Gasteiger partial charge in [-0.1, -0.05) is 18.2 Å². The van der Waals surface area contributed by atoms with Gasteiger partial charge in [-0.05, 0) is 30.4 Å². The van der Waals surface area contributed by atoms with E-state index in [1.54, 1.807) is 24.3 Å². The van der Waals surface area contributed by atoms with Gasteiger partial charge in [-0.15, -0.1) is 0 Å². The molecule has 1 aromatic carbocycles. The SMILES string of the molecule is CN(CC(=O)NC1CC1)C(=O)COC(=O)c1cc2ccccc2c(=O)[nH]1. The number of rotatable bonds is 6. The Bertz CT molecular complexity index is 916. The van der Waals surface area contributed by atoms with Crippen LogP contribution in [0.5, 0.6) is 0 Å². The zero-order valence-corrected chi connectivity index (χ0v) is 14.3. The largest absolute Gasteiger partial charge is 0.451 e. The minimum absolute atomic E-state index is 0.0318. The van der Waals surface area contributed by atoms with Gasteiger partial charge in [-0.2, -0.15) is 0 Å². The first-order chi connectivity index (χ1) is 12.4. The average molecular weight is 357 g/mol. The number of amides is 2. The van der Waals surface area contributed by atoms with Gasteiger partial charge in [0, 0.05) is 18.5 Å². The number of benzene rings is 1. The molecule has 1 aromatic heterocycles. The van der Waals surface area contributed by atoms with Crippen molar-refractivity contribution in [2.24, 2.45) is 0 Å². The lowest BCUT2D eigenvalue weighted by molar-refractivity contribution is -0.137. The van der Waals surface area contributed by atoms with Crippen molar-refractivity contribution in [2.75, 3.05) is 20.2 Å². The Hall–Kier alpha value is -3.16. The number of aromatic amines is 1. The Morgan fingerprint density at radius 1 is 1.27 bits per heavy atom. The number of H-pyrrole nitrogens is 1. The molecule has 0 aliphatic heterocycles. The third-order valence-electron chi connectivity index (χ3n) is 4.05. The predicted molar refractivity (Wildman–Crippen MR) is 93.7 cm³/mol. The third kappa shape index (κ3) is 4.27. The van der Waals surface area contributed by atoms with Crippen LogP contribution in [0.4, 0.5) is 0 Å². The molecule has 3 rings (SSSR count). The molecule has 26 heavy (non-hydrogen) atoms. The first-order valence-electron chi connectivity index (χ1n) is 8.26. The highest BCUT2D eigenvalue weighted by atomic mass is 16.5. The number of carbonyl (C=O) groups is 3. The van der Waals surface area contributed by atoms with E-state index in [2.05, 4.69) is 10.3 Å². The molecular formula is C18H19N3O5. The lowest BCUT2D eigenvalue weighted by Crippen LogP contribution is -2.40. The maximum absolute atomic E-state index is 12.1. The molecule has 2 N–H and O–H groups in total. The van der Waals surface area contributed by atoms with E-state index < -0.39 is 24.0 Å². The zero-order chi connectivity index (χ0) is 18.7. The van der Waals surface area contributed by atoms with E-state index in [-0.39, 0.29) is 24.2 Å². The maximum Gasteiger partial charge on any atom is 0.355 e. The fraction of sp³-hybridized carbons (Fsp3) is 0.333. The average Bonchev–Trinajstić information content (AvgIpc) is 3.43. The molecule has 8 nitrogen and oxygen atoms in total. The predicted octanol–water partition coefficient (Wildman–Crippen LogP) is 0.422. The smallest absolute Gasteiger partial charge is 0.355 e. The van der Waals surface area contributed by atoms with Crippen LogP contribution in [-0.4, -0.2) is 53.9 Å². The monoisotopic (exact) mass is 357 g/mol. The second kappa shape index (κ2) is 7.38. The number of pyridine rings is 1. The highest BCUT2D eigenvalue weighted by Crippen LogP contribution is 2.18. The zero-order valence-electron chi connectivity index (χ0n) is 14.3. The number of likely N-dealkylation sites (N-methyl/N-ethyl adjacent to an activating group) is 1. The molecule has 1 aliphatic carbocycles. The molecule has 0 saturated heterocycles. The lowest BCUT2D eigenvalue weighted by atomic mass is 10.1. The Morgan fingerprint density at radius 3 is 2.73 bits per heavy atom. The second-order valence-corrected chi connectivity index (χ2v) is 6.27. The molecule has 136 valence electrons. The van der Waals surface area contributed by atoms with Gasteiger partial charge < -0.3 is 19.9 Å². The number of aromatic nitrogens is 1. The highest BCUT2D eigenvalue weighted by molar-refractivity contribution is 5.94. The van der Waals surface area contributed by atoms with E-state index in [9.17, 15) is 19.2 Å². The third-order valence-corrected chi connectivity index (χ3v) is 4.05. The van der Waals surface area contributed by atoms with Crippen molar-refractivity contribution in [2.45, 2.75) is 18.9 Å². The Labute approximate surface area is 149 Å². The van der Waals surface area contributed by atoms with E-state index in [4.69, 9.17) is 4.74 Å². The van der Waals surface area contributed by atoms with Crippen LogP contribution in [0.2, 0.25) is 0 Å². The summed E-state index contributed by atoms with van der Waals surface area (Å²) in [5.74, 6) is -1.56. The first kappa shape index (κ1) is 17.7. The van der Waals surface area contributed by atoms with Crippen molar-refractivity contribution >= 4 is 28.6 Å². The van der Waals surface area contributed by atoms with Gasteiger partial charge in [0.15, 0.2) is 6.61 Å². The van der Waals surface area contributed by atoms with Gasteiger partial charge in [-0.25, -0.2) is 4.79 Å². The van der Waals surface area contributed by atoms with E-state index in [1.807, 2.05) is 0 Å². The molecule has 2 aromatic rings. The molecule has 8 heteroatoms. The molecule has 1 aliphatic rings. The van der Waals surface area contributed by atoms with Crippen molar-refractivity contribution in [3.05, 3.63) is 46.4 Å². The maximum atomic E-state index is 12.1. The number of nitrogens with one attached hydrogen (secondary N) is 2. The van der Waals surface area contributed by atoms with Gasteiger partial charge in [-0.3, -0.25) is 14.4 Å². The summed E-state index contributed by atoms with van der Waals surface area (Å²) in [4.78, 5) is 51.4. The van der Waals surface area contributed by atoms with Crippen molar-refractivity contribution < 1.29 is 19.1 Å². The van der Waals surface area contributed by atoms with Gasteiger partial charge in [0.25, 0.3) is 11.5 Å². The van der Waals surface area contributed by atoms with E-state index in [0.717, 1.165) is 12.8 Å². The van der Waals surface area contributed by atoms with Gasteiger partial charge >= 0.3 is 5.97 Å². The Morgan fingerprint density at radius 2 is 2.00 bits per heavy atom. The van der Waals surface area contributed by atoms with Crippen LogP contribution in [-0.2, 0) is 14.3 Å². The van der Waals surface area contributed by atoms with Crippen LogP contribution >= 0.6 is 0 Å². The van der Waals surface area contributed by atoms with E-state index >= 15 is 0 Å². The fourth-order valence-electron chi connectivity index (χ4n) is 2.44.